The van der Waals surface area contributed by atoms with Crippen molar-refractivity contribution >= 4 is 19.2 Å². The smallest absolute Gasteiger partial charge is 0.134 e. The molecule has 0 bridgehead atoms. The van der Waals surface area contributed by atoms with Crippen molar-refractivity contribution in [3.8, 4) is 11.5 Å². The maximum absolute atomic E-state index is 5.98. The molecule has 0 spiro atoms. The highest BCUT2D eigenvalue weighted by molar-refractivity contribution is 6.87. The molecule has 0 saturated heterocycles. The van der Waals surface area contributed by atoms with Gasteiger partial charge in [-0.05, 0) is 28.0 Å². The molecule has 0 saturated carbocycles. The number of ether oxygens (including phenoxy) is 1. The molecule has 0 N–H and O–H groups in total. The summed E-state index contributed by atoms with van der Waals surface area (Å²) in [5, 5.41) is 2.82. The summed E-state index contributed by atoms with van der Waals surface area (Å²) < 4.78 is 5.98. The molecule has 0 aromatic heterocycles. The van der Waals surface area contributed by atoms with Crippen LogP contribution in [0, 0.1) is 0 Å². The summed E-state index contributed by atoms with van der Waals surface area (Å²) in [6.07, 6.45) is 0. The topological polar surface area (TPSA) is 9.23 Å². The minimum atomic E-state index is -0.704. The van der Waals surface area contributed by atoms with Gasteiger partial charge in [-0.25, -0.2) is 0 Å². The van der Waals surface area contributed by atoms with Crippen LogP contribution in [0.2, 0.25) is 5.54 Å². The Labute approximate surface area is 104 Å². The summed E-state index contributed by atoms with van der Waals surface area (Å²) in [5.41, 5.74) is 0.672. The summed E-state index contributed by atoms with van der Waals surface area (Å²) in [5.74, 6) is 2.10. The molecular formula is C15H15OSi. The van der Waals surface area contributed by atoms with E-state index in [0.29, 0.717) is 5.54 Å². The lowest BCUT2D eigenvalue weighted by molar-refractivity contribution is 0.487. The Balaban J connectivity index is 2.21. The minimum absolute atomic E-state index is 0.672. The molecule has 0 unspecified atom stereocenters. The second-order valence-electron chi connectivity index (χ2n) is 4.66. The Kier molecular flexibility index (Phi) is 2.52. The number of fused-ring (bicyclic) bond motifs is 2. The third-order valence-electron chi connectivity index (χ3n) is 3.15. The van der Waals surface area contributed by atoms with Crippen LogP contribution in [-0.4, -0.2) is 8.80 Å². The summed E-state index contributed by atoms with van der Waals surface area (Å²) in [4.78, 5) is 0. The van der Waals surface area contributed by atoms with Crippen LogP contribution in [0.25, 0.3) is 0 Å². The molecule has 1 heterocycles. The molecule has 1 nitrogen and oxygen atoms in total. The lowest BCUT2D eigenvalue weighted by Crippen LogP contribution is -2.48. The quantitative estimate of drug-likeness (QED) is 0.695. The summed E-state index contributed by atoms with van der Waals surface area (Å²) in [6, 6.07) is 16.9. The van der Waals surface area contributed by atoms with Crippen molar-refractivity contribution in [3.63, 3.8) is 0 Å². The zero-order chi connectivity index (χ0) is 11.8. The molecule has 0 fully saturated rings. The van der Waals surface area contributed by atoms with E-state index in [1.54, 1.807) is 0 Å². The van der Waals surface area contributed by atoms with E-state index in [9.17, 15) is 0 Å². The highest BCUT2D eigenvalue weighted by Crippen LogP contribution is 2.27. The van der Waals surface area contributed by atoms with E-state index in [0.717, 1.165) is 11.5 Å². The Morgan fingerprint density at radius 2 is 1.29 bits per heavy atom. The van der Waals surface area contributed by atoms with E-state index in [1.807, 2.05) is 12.1 Å². The number of rotatable bonds is 1. The third kappa shape index (κ3) is 1.69. The zero-order valence-electron chi connectivity index (χ0n) is 10.1. The fourth-order valence-corrected chi connectivity index (χ4v) is 5.33. The summed E-state index contributed by atoms with van der Waals surface area (Å²) in [7, 11) is -0.704. The van der Waals surface area contributed by atoms with Gasteiger partial charge in [0.15, 0.2) is 0 Å². The van der Waals surface area contributed by atoms with Crippen molar-refractivity contribution < 1.29 is 4.74 Å². The molecule has 85 valence electrons. The fourth-order valence-electron chi connectivity index (χ4n) is 2.44. The maximum atomic E-state index is 5.98. The van der Waals surface area contributed by atoms with E-state index in [4.69, 9.17) is 4.74 Å². The van der Waals surface area contributed by atoms with Crippen LogP contribution in [0.15, 0.2) is 48.5 Å². The molecule has 17 heavy (non-hydrogen) atoms. The molecular weight excluding hydrogens is 224 g/mol. The molecule has 0 aliphatic carbocycles. The first-order chi connectivity index (χ1) is 8.27. The van der Waals surface area contributed by atoms with E-state index >= 15 is 0 Å². The van der Waals surface area contributed by atoms with Crippen LogP contribution in [0.4, 0.5) is 0 Å². The lowest BCUT2D eigenvalue weighted by Gasteiger charge is -2.29. The van der Waals surface area contributed by atoms with Crippen LogP contribution in [0.5, 0.6) is 11.5 Å². The average molecular weight is 239 g/mol. The first-order valence-corrected chi connectivity index (χ1v) is 7.58. The zero-order valence-corrected chi connectivity index (χ0v) is 11.1. The Morgan fingerprint density at radius 1 is 0.824 bits per heavy atom. The predicted molar refractivity (Wildman–Crippen MR) is 73.1 cm³/mol. The first-order valence-electron chi connectivity index (χ1n) is 6.01. The van der Waals surface area contributed by atoms with E-state index in [2.05, 4.69) is 50.2 Å². The standard InChI is InChI=1S/C15H15OSi/c1-11(2)17-14-9-5-3-7-12(14)16-13-8-4-6-10-15(13)17/h3-11H,1-2H3. The van der Waals surface area contributed by atoms with Gasteiger partial charge in [0.2, 0.25) is 0 Å². The van der Waals surface area contributed by atoms with Crippen molar-refractivity contribution in [1.29, 1.82) is 0 Å². The van der Waals surface area contributed by atoms with Crippen LogP contribution >= 0.6 is 0 Å². The van der Waals surface area contributed by atoms with Gasteiger partial charge in [-0.15, -0.1) is 0 Å². The fraction of sp³-hybridized carbons (Fsp3) is 0.200. The summed E-state index contributed by atoms with van der Waals surface area (Å²) >= 11 is 0. The Hall–Kier alpha value is -1.54. The molecule has 2 heteroatoms. The van der Waals surface area contributed by atoms with Gasteiger partial charge in [-0.1, -0.05) is 50.2 Å². The van der Waals surface area contributed by atoms with Crippen molar-refractivity contribution in [2.75, 3.05) is 0 Å². The highest BCUT2D eigenvalue weighted by atomic mass is 28.3. The van der Waals surface area contributed by atoms with Crippen LogP contribution in [0.3, 0.4) is 0 Å². The third-order valence-corrected chi connectivity index (χ3v) is 6.29. The molecule has 2 aromatic rings. The second-order valence-corrected chi connectivity index (χ2v) is 7.72. The second kappa shape index (κ2) is 4.04. The van der Waals surface area contributed by atoms with E-state index in [-0.39, 0.29) is 0 Å². The van der Waals surface area contributed by atoms with E-state index < -0.39 is 8.80 Å². The molecule has 1 aliphatic heterocycles. The van der Waals surface area contributed by atoms with Gasteiger partial charge in [0.25, 0.3) is 0 Å². The molecule has 2 aromatic carbocycles. The Morgan fingerprint density at radius 3 is 1.76 bits per heavy atom. The van der Waals surface area contributed by atoms with Crippen molar-refractivity contribution in [1.82, 2.24) is 0 Å². The van der Waals surface area contributed by atoms with Crippen LogP contribution in [0.1, 0.15) is 13.8 Å². The van der Waals surface area contributed by atoms with Gasteiger partial charge >= 0.3 is 0 Å². The minimum Gasteiger partial charge on any atom is -0.458 e. The van der Waals surface area contributed by atoms with Gasteiger partial charge < -0.3 is 4.74 Å². The molecule has 1 aliphatic rings. The number of benzene rings is 2. The van der Waals surface area contributed by atoms with Crippen LogP contribution < -0.4 is 15.1 Å². The lowest BCUT2D eigenvalue weighted by atomic mass is 10.3. The van der Waals surface area contributed by atoms with Crippen LogP contribution in [-0.2, 0) is 0 Å². The SMILES string of the molecule is CC(C)[Si]1c2ccccc2Oc2ccccc21. The van der Waals surface area contributed by atoms with Gasteiger partial charge in [0.05, 0.1) is 0 Å². The molecule has 1 radical (unpaired) electrons. The monoisotopic (exact) mass is 239 g/mol. The maximum Gasteiger partial charge on any atom is 0.134 e. The number of hydrogen-bond donors (Lipinski definition) is 0. The Bertz CT molecular complexity index is 503. The molecule has 0 atom stereocenters. The van der Waals surface area contributed by atoms with Gasteiger partial charge in [0.1, 0.15) is 20.3 Å². The number of hydrogen-bond acceptors (Lipinski definition) is 1. The summed E-state index contributed by atoms with van der Waals surface area (Å²) in [6.45, 7) is 4.63. The predicted octanol–water partition coefficient (Wildman–Crippen LogP) is 2.81. The van der Waals surface area contributed by atoms with Gasteiger partial charge in [-0.2, -0.15) is 0 Å². The van der Waals surface area contributed by atoms with Crippen molar-refractivity contribution in [2.45, 2.75) is 19.4 Å². The average Bonchev–Trinajstić information content (AvgIpc) is 2.35. The molecule has 3 rings (SSSR count). The number of para-hydroxylation sites is 2. The van der Waals surface area contributed by atoms with E-state index in [1.165, 1.54) is 10.4 Å². The van der Waals surface area contributed by atoms with Gasteiger partial charge in [-0.3, -0.25) is 0 Å². The first kappa shape index (κ1) is 10.6. The van der Waals surface area contributed by atoms with Gasteiger partial charge in [0, 0.05) is 0 Å². The largest absolute Gasteiger partial charge is 0.458 e. The normalized spacial score (nSPS) is 14.1. The van der Waals surface area contributed by atoms with Crippen molar-refractivity contribution in [2.24, 2.45) is 0 Å². The van der Waals surface area contributed by atoms with Crippen molar-refractivity contribution in [3.05, 3.63) is 48.5 Å². The highest BCUT2D eigenvalue weighted by Gasteiger charge is 2.30. The molecule has 0 amide bonds.